The lowest BCUT2D eigenvalue weighted by atomic mass is 10.0. The second-order valence-corrected chi connectivity index (χ2v) is 4.12. The van der Waals surface area contributed by atoms with Crippen LogP contribution in [0, 0.1) is 17.8 Å². The lowest BCUT2D eigenvalue weighted by molar-refractivity contribution is -0.143. The van der Waals surface area contributed by atoms with Gasteiger partial charge in [0.05, 0.1) is 12.0 Å². The molecule has 1 unspecified atom stereocenters. The SMILES string of the molecule is C#CC1(C2COC(C)(C)O2)CC1. The molecular formula is C10H14O2. The summed E-state index contributed by atoms with van der Waals surface area (Å²) < 4.78 is 11.2. The minimum absolute atomic E-state index is 0.00771. The molecule has 1 saturated heterocycles. The standard InChI is InChI=1S/C10H14O2/c1-4-10(5-6-10)8-7-11-9(2,3)12-8/h1,8H,5-7H2,2-3H3. The Hall–Kier alpha value is -0.520. The van der Waals surface area contributed by atoms with Crippen LogP contribution < -0.4 is 0 Å². The Morgan fingerprint density at radius 3 is 2.42 bits per heavy atom. The van der Waals surface area contributed by atoms with Crippen molar-refractivity contribution in [3.05, 3.63) is 0 Å². The molecule has 1 aliphatic carbocycles. The van der Waals surface area contributed by atoms with E-state index in [4.69, 9.17) is 15.9 Å². The van der Waals surface area contributed by atoms with E-state index in [2.05, 4.69) is 5.92 Å². The first-order valence-corrected chi connectivity index (χ1v) is 4.38. The minimum atomic E-state index is -0.433. The van der Waals surface area contributed by atoms with E-state index in [1.807, 2.05) is 13.8 Å². The van der Waals surface area contributed by atoms with Gasteiger partial charge in [0.15, 0.2) is 5.79 Å². The molecule has 0 bridgehead atoms. The highest BCUT2D eigenvalue weighted by atomic mass is 16.7. The van der Waals surface area contributed by atoms with Gasteiger partial charge in [-0.1, -0.05) is 5.92 Å². The second kappa shape index (κ2) is 2.25. The van der Waals surface area contributed by atoms with E-state index in [0.717, 1.165) is 12.8 Å². The summed E-state index contributed by atoms with van der Waals surface area (Å²) in [4.78, 5) is 0. The van der Waals surface area contributed by atoms with Crippen LogP contribution in [0.25, 0.3) is 0 Å². The maximum atomic E-state index is 5.70. The van der Waals surface area contributed by atoms with Crippen LogP contribution in [0.2, 0.25) is 0 Å². The van der Waals surface area contributed by atoms with E-state index in [1.54, 1.807) is 0 Å². The maximum absolute atomic E-state index is 5.70. The van der Waals surface area contributed by atoms with Crippen molar-refractivity contribution in [1.29, 1.82) is 0 Å². The molecule has 0 N–H and O–H groups in total. The fourth-order valence-electron chi connectivity index (χ4n) is 1.65. The molecule has 1 heterocycles. The maximum Gasteiger partial charge on any atom is 0.163 e. The zero-order valence-electron chi connectivity index (χ0n) is 7.59. The van der Waals surface area contributed by atoms with Crippen molar-refractivity contribution in [3.63, 3.8) is 0 Å². The molecule has 0 spiro atoms. The number of ether oxygens (including phenoxy) is 2. The lowest BCUT2D eigenvalue weighted by Gasteiger charge is -2.19. The molecule has 1 saturated carbocycles. The van der Waals surface area contributed by atoms with Gasteiger partial charge in [0.25, 0.3) is 0 Å². The largest absolute Gasteiger partial charge is 0.348 e. The molecule has 2 rings (SSSR count). The van der Waals surface area contributed by atoms with Crippen LogP contribution in [0.1, 0.15) is 26.7 Å². The van der Waals surface area contributed by atoms with Crippen molar-refractivity contribution >= 4 is 0 Å². The van der Waals surface area contributed by atoms with Gasteiger partial charge in [-0.15, -0.1) is 6.42 Å². The van der Waals surface area contributed by atoms with Crippen molar-refractivity contribution in [2.24, 2.45) is 5.41 Å². The van der Waals surface area contributed by atoms with Gasteiger partial charge in [-0.3, -0.25) is 0 Å². The molecule has 66 valence electrons. The minimum Gasteiger partial charge on any atom is -0.348 e. The molecular weight excluding hydrogens is 152 g/mol. The topological polar surface area (TPSA) is 18.5 Å². The van der Waals surface area contributed by atoms with Gasteiger partial charge in [-0.2, -0.15) is 0 Å². The summed E-state index contributed by atoms with van der Waals surface area (Å²) in [5, 5.41) is 0. The quantitative estimate of drug-likeness (QED) is 0.550. The summed E-state index contributed by atoms with van der Waals surface area (Å²) in [5.74, 6) is 2.39. The van der Waals surface area contributed by atoms with Gasteiger partial charge >= 0.3 is 0 Å². The first-order valence-electron chi connectivity index (χ1n) is 4.38. The van der Waals surface area contributed by atoms with Gasteiger partial charge in [-0.05, 0) is 26.7 Å². The summed E-state index contributed by atoms with van der Waals surface area (Å²) in [6.07, 6.45) is 7.76. The molecule has 0 aromatic heterocycles. The van der Waals surface area contributed by atoms with E-state index in [-0.39, 0.29) is 11.5 Å². The van der Waals surface area contributed by atoms with Crippen LogP contribution in [-0.2, 0) is 9.47 Å². The number of hydrogen-bond donors (Lipinski definition) is 0. The van der Waals surface area contributed by atoms with Gasteiger partial charge in [0.1, 0.15) is 6.10 Å². The zero-order valence-corrected chi connectivity index (χ0v) is 7.59. The number of rotatable bonds is 1. The highest BCUT2D eigenvalue weighted by Gasteiger charge is 2.53. The van der Waals surface area contributed by atoms with E-state index in [9.17, 15) is 0 Å². The molecule has 12 heavy (non-hydrogen) atoms. The van der Waals surface area contributed by atoms with Gasteiger partial charge in [0, 0.05) is 0 Å². The van der Waals surface area contributed by atoms with E-state index >= 15 is 0 Å². The lowest BCUT2D eigenvalue weighted by Crippen LogP contribution is -2.26. The number of terminal acetylenes is 1. The Morgan fingerprint density at radius 2 is 2.08 bits per heavy atom. The zero-order chi connectivity index (χ0) is 8.82. The van der Waals surface area contributed by atoms with Crippen LogP contribution >= 0.6 is 0 Å². The molecule has 2 nitrogen and oxygen atoms in total. The van der Waals surface area contributed by atoms with Gasteiger partial charge in [-0.25, -0.2) is 0 Å². The number of hydrogen-bond acceptors (Lipinski definition) is 2. The van der Waals surface area contributed by atoms with Crippen LogP contribution in [0.5, 0.6) is 0 Å². The third-order valence-electron chi connectivity index (χ3n) is 2.70. The van der Waals surface area contributed by atoms with Gasteiger partial charge < -0.3 is 9.47 Å². The highest BCUT2D eigenvalue weighted by molar-refractivity contribution is 5.19. The van der Waals surface area contributed by atoms with E-state index in [0.29, 0.717) is 6.61 Å². The summed E-state index contributed by atoms with van der Waals surface area (Å²) >= 11 is 0. The monoisotopic (exact) mass is 166 g/mol. The Bertz CT molecular complexity index is 233. The smallest absolute Gasteiger partial charge is 0.163 e. The normalized spacial score (nSPS) is 35.9. The average Bonchev–Trinajstić information content (AvgIpc) is 2.72. The summed E-state index contributed by atoms with van der Waals surface area (Å²) in [6.45, 7) is 4.51. The first-order chi connectivity index (χ1) is 5.58. The summed E-state index contributed by atoms with van der Waals surface area (Å²) in [7, 11) is 0. The molecule has 0 aromatic carbocycles. The van der Waals surface area contributed by atoms with Crippen molar-refractivity contribution in [3.8, 4) is 12.3 Å². The fourth-order valence-corrected chi connectivity index (χ4v) is 1.65. The predicted molar refractivity (Wildman–Crippen MR) is 45.4 cm³/mol. The van der Waals surface area contributed by atoms with Crippen LogP contribution in [0.4, 0.5) is 0 Å². The summed E-state index contributed by atoms with van der Waals surface area (Å²) in [6, 6.07) is 0. The average molecular weight is 166 g/mol. The van der Waals surface area contributed by atoms with E-state index < -0.39 is 5.79 Å². The van der Waals surface area contributed by atoms with E-state index in [1.165, 1.54) is 0 Å². The molecule has 1 aliphatic heterocycles. The molecule has 2 aliphatic rings. The van der Waals surface area contributed by atoms with Crippen molar-refractivity contribution in [2.75, 3.05) is 6.61 Å². The van der Waals surface area contributed by atoms with Crippen LogP contribution in [-0.4, -0.2) is 18.5 Å². The Kier molecular flexibility index (Phi) is 1.51. The third-order valence-corrected chi connectivity index (χ3v) is 2.70. The highest BCUT2D eigenvalue weighted by Crippen LogP contribution is 2.52. The first kappa shape index (κ1) is 8.10. The second-order valence-electron chi connectivity index (χ2n) is 4.12. The molecule has 2 fully saturated rings. The van der Waals surface area contributed by atoms with Crippen molar-refractivity contribution in [1.82, 2.24) is 0 Å². The van der Waals surface area contributed by atoms with Crippen LogP contribution in [0.3, 0.4) is 0 Å². The van der Waals surface area contributed by atoms with Crippen LogP contribution in [0.15, 0.2) is 0 Å². The molecule has 0 amide bonds. The molecule has 0 aromatic rings. The van der Waals surface area contributed by atoms with Gasteiger partial charge in [0.2, 0.25) is 0 Å². The summed E-state index contributed by atoms with van der Waals surface area (Å²) in [5.41, 5.74) is 0.00771. The predicted octanol–water partition coefficient (Wildman–Crippen LogP) is 1.55. The Morgan fingerprint density at radius 1 is 1.42 bits per heavy atom. The van der Waals surface area contributed by atoms with Crippen molar-refractivity contribution < 1.29 is 9.47 Å². The van der Waals surface area contributed by atoms with Crippen molar-refractivity contribution in [2.45, 2.75) is 38.6 Å². The Labute approximate surface area is 73.2 Å². The Balaban J connectivity index is 2.06. The molecule has 2 heteroatoms. The fraction of sp³-hybridized carbons (Fsp3) is 0.800. The molecule has 0 radical (unpaired) electrons. The molecule has 1 atom stereocenters. The third kappa shape index (κ3) is 1.14.